The van der Waals surface area contributed by atoms with Gasteiger partial charge in [-0.05, 0) is 12.8 Å². The molecule has 3 N–H and O–H groups in total. The van der Waals surface area contributed by atoms with E-state index in [2.05, 4.69) is 19.2 Å². The zero-order valence-electron chi connectivity index (χ0n) is 26.0. The first-order valence-electron chi connectivity index (χ1n) is 17.2. The minimum absolute atomic E-state index is 0.0372. The van der Waals surface area contributed by atoms with Crippen LogP contribution < -0.4 is 5.32 Å². The highest BCUT2D eigenvalue weighted by Gasteiger charge is 2.19. The van der Waals surface area contributed by atoms with Crippen molar-refractivity contribution in [2.24, 2.45) is 0 Å². The molecule has 0 aliphatic heterocycles. The lowest BCUT2D eigenvalue weighted by molar-refractivity contribution is -0.123. The molecular weight excluding hydrogens is 470 g/mol. The Balaban J connectivity index is 3.35. The first-order valence-corrected chi connectivity index (χ1v) is 17.2. The predicted molar refractivity (Wildman–Crippen MR) is 166 cm³/mol. The topological polar surface area (TPSA) is 69.6 Å². The highest BCUT2D eigenvalue weighted by atomic mass is 16.3. The average molecular weight is 540 g/mol. The lowest BCUT2D eigenvalue weighted by Crippen LogP contribution is -2.45. The van der Waals surface area contributed by atoms with Crippen LogP contribution in [-0.4, -0.2) is 34.9 Å². The summed E-state index contributed by atoms with van der Waals surface area (Å²) in [4.78, 5) is 12.2. The molecule has 0 aliphatic rings. The minimum Gasteiger partial charge on any atom is -0.394 e. The number of aliphatic hydroxyl groups excluding tert-OH is 2. The number of aliphatic hydroxyl groups is 2. The zero-order valence-corrected chi connectivity index (χ0v) is 26.0. The molecule has 0 saturated carbocycles. The van der Waals surface area contributed by atoms with Gasteiger partial charge in [0.1, 0.15) is 0 Å². The molecule has 0 spiro atoms. The summed E-state index contributed by atoms with van der Waals surface area (Å²) in [6.07, 6.45) is 34.9. The lowest BCUT2D eigenvalue weighted by Gasteiger charge is -2.22. The van der Waals surface area contributed by atoms with Crippen LogP contribution in [0, 0.1) is 0 Å². The van der Waals surface area contributed by atoms with Gasteiger partial charge in [-0.3, -0.25) is 4.79 Å². The Morgan fingerprint density at radius 3 is 1.18 bits per heavy atom. The van der Waals surface area contributed by atoms with Crippen molar-refractivity contribution in [3.63, 3.8) is 0 Å². The van der Waals surface area contributed by atoms with E-state index in [0.717, 1.165) is 32.1 Å². The molecule has 0 radical (unpaired) electrons. The smallest absolute Gasteiger partial charge is 0.220 e. The van der Waals surface area contributed by atoms with Gasteiger partial charge in [-0.1, -0.05) is 174 Å². The molecule has 4 nitrogen and oxygen atoms in total. The molecule has 0 fully saturated rings. The van der Waals surface area contributed by atoms with Gasteiger partial charge in [0.05, 0.1) is 18.8 Å². The average Bonchev–Trinajstić information content (AvgIpc) is 2.92. The Bertz CT molecular complexity index is 471. The number of carbonyl (C=O) groups is 1. The molecule has 0 bridgehead atoms. The summed E-state index contributed by atoms with van der Waals surface area (Å²) < 4.78 is 0. The van der Waals surface area contributed by atoms with Gasteiger partial charge >= 0.3 is 0 Å². The Morgan fingerprint density at radius 1 is 0.526 bits per heavy atom. The molecule has 0 aromatic carbocycles. The quantitative estimate of drug-likeness (QED) is 0.0768. The van der Waals surface area contributed by atoms with Gasteiger partial charge < -0.3 is 15.5 Å². The van der Waals surface area contributed by atoms with E-state index < -0.39 is 12.1 Å². The third-order valence-corrected chi connectivity index (χ3v) is 8.12. The molecule has 0 aromatic rings. The van der Waals surface area contributed by atoms with Crippen LogP contribution in [0.3, 0.4) is 0 Å². The summed E-state index contributed by atoms with van der Waals surface area (Å²) in [6, 6.07) is -0.524. The number of hydrogen-bond donors (Lipinski definition) is 3. The van der Waals surface area contributed by atoms with Crippen molar-refractivity contribution in [1.29, 1.82) is 0 Å². The Kier molecular flexibility index (Phi) is 30.4. The fraction of sp³-hybridized carbons (Fsp3) is 0.971. The first-order chi connectivity index (χ1) is 18.7. The lowest BCUT2D eigenvalue weighted by atomic mass is 10.0. The van der Waals surface area contributed by atoms with Gasteiger partial charge in [0, 0.05) is 6.42 Å². The summed E-state index contributed by atoms with van der Waals surface area (Å²) in [5.41, 5.74) is 0. The van der Waals surface area contributed by atoms with Crippen LogP contribution in [0.25, 0.3) is 0 Å². The van der Waals surface area contributed by atoms with Gasteiger partial charge in [-0.25, -0.2) is 0 Å². The Hall–Kier alpha value is -0.610. The second-order valence-electron chi connectivity index (χ2n) is 11.9. The van der Waals surface area contributed by atoms with Crippen LogP contribution in [-0.2, 0) is 4.79 Å². The van der Waals surface area contributed by atoms with Crippen LogP contribution in [0.1, 0.15) is 194 Å². The van der Waals surface area contributed by atoms with Crippen LogP contribution in [0.15, 0.2) is 0 Å². The molecule has 0 heterocycles. The van der Waals surface area contributed by atoms with Crippen molar-refractivity contribution in [2.45, 2.75) is 206 Å². The summed E-state index contributed by atoms with van der Waals surface area (Å²) in [5, 5.41) is 22.6. The van der Waals surface area contributed by atoms with Gasteiger partial charge in [0.15, 0.2) is 0 Å². The molecule has 0 aliphatic carbocycles. The van der Waals surface area contributed by atoms with Crippen LogP contribution in [0.2, 0.25) is 0 Å². The molecule has 0 rings (SSSR count). The molecule has 38 heavy (non-hydrogen) atoms. The normalized spacial score (nSPS) is 13.1. The third-order valence-electron chi connectivity index (χ3n) is 8.12. The summed E-state index contributed by atoms with van der Waals surface area (Å²) in [6.45, 7) is 4.26. The molecule has 1 amide bonds. The van der Waals surface area contributed by atoms with Crippen molar-refractivity contribution in [1.82, 2.24) is 5.32 Å². The first kappa shape index (κ1) is 37.4. The largest absolute Gasteiger partial charge is 0.394 e. The van der Waals surface area contributed by atoms with Crippen molar-refractivity contribution in [3.05, 3.63) is 0 Å². The van der Waals surface area contributed by atoms with E-state index in [1.54, 1.807) is 0 Å². The third kappa shape index (κ3) is 27.0. The van der Waals surface area contributed by atoms with Crippen molar-refractivity contribution in [3.8, 4) is 0 Å². The fourth-order valence-electron chi connectivity index (χ4n) is 5.42. The van der Waals surface area contributed by atoms with E-state index in [0.29, 0.717) is 12.8 Å². The van der Waals surface area contributed by atoms with Gasteiger partial charge in [-0.15, -0.1) is 0 Å². The maximum absolute atomic E-state index is 12.2. The van der Waals surface area contributed by atoms with Crippen molar-refractivity contribution < 1.29 is 15.0 Å². The minimum atomic E-state index is -0.648. The highest BCUT2D eigenvalue weighted by molar-refractivity contribution is 5.76. The number of carbonyl (C=O) groups excluding carboxylic acids is 1. The van der Waals surface area contributed by atoms with Crippen LogP contribution in [0.4, 0.5) is 0 Å². The molecular formula is C34H69NO3. The molecule has 0 aromatic heterocycles. The van der Waals surface area contributed by atoms with Gasteiger partial charge in [0.25, 0.3) is 0 Å². The maximum atomic E-state index is 12.2. The SMILES string of the molecule is CCCCCCCCCCCCCCCCCCCCCCCCC(=O)NC(CO)C(O)CCCCCC. The molecule has 0 saturated heterocycles. The maximum Gasteiger partial charge on any atom is 0.220 e. The molecule has 228 valence electrons. The van der Waals surface area contributed by atoms with E-state index in [-0.39, 0.29) is 12.5 Å². The number of nitrogens with one attached hydrogen (secondary N) is 1. The van der Waals surface area contributed by atoms with E-state index >= 15 is 0 Å². The Labute approximate surface area is 238 Å². The van der Waals surface area contributed by atoms with Crippen molar-refractivity contribution >= 4 is 5.91 Å². The zero-order chi connectivity index (χ0) is 27.9. The Morgan fingerprint density at radius 2 is 0.842 bits per heavy atom. The van der Waals surface area contributed by atoms with Gasteiger partial charge in [-0.2, -0.15) is 0 Å². The fourth-order valence-corrected chi connectivity index (χ4v) is 5.42. The molecule has 4 heteroatoms. The van der Waals surface area contributed by atoms with Crippen LogP contribution >= 0.6 is 0 Å². The highest BCUT2D eigenvalue weighted by Crippen LogP contribution is 2.15. The van der Waals surface area contributed by atoms with E-state index in [1.807, 2.05) is 0 Å². The number of hydrogen-bond acceptors (Lipinski definition) is 3. The van der Waals surface area contributed by atoms with Crippen LogP contribution in [0.5, 0.6) is 0 Å². The second kappa shape index (κ2) is 30.9. The second-order valence-corrected chi connectivity index (χ2v) is 11.9. The predicted octanol–water partition coefficient (Wildman–Crippen LogP) is 9.79. The van der Waals surface area contributed by atoms with Crippen molar-refractivity contribution in [2.75, 3.05) is 6.61 Å². The summed E-state index contributed by atoms with van der Waals surface area (Å²) >= 11 is 0. The molecule has 2 unspecified atom stereocenters. The number of amides is 1. The number of unbranched alkanes of at least 4 members (excludes halogenated alkanes) is 24. The monoisotopic (exact) mass is 540 g/mol. The van der Waals surface area contributed by atoms with E-state index in [9.17, 15) is 15.0 Å². The number of rotatable bonds is 31. The standard InChI is InChI=1S/C34H69NO3/c1-3-5-7-9-10-11-12-13-14-15-16-17-18-19-20-21-22-23-24-25-26-28-30-34(38)35-32(31-36)33(37)29-27-8-6-4-2/h32-33,36-37H,3-31H2,1-2H3,(H,35,38). The van der Waals surface area contributed by atoms with Gasteiger partial charge in [0.2, 0.25) is 5.91 Å². The van der Waals surface area contributed by atoms with E-state index in [1.165, 1.54) is 135 Å². The summed E-state index contributed by atoms with van der Waals surface area (Å²) in [5.74, 6) is -0.0372. The molecule has 2 atom stereocenters. The van der Waals surface area contributed by atoms with E-state index in [4.69, 9.17) is 0 Å². The summed E-state index contributed by atoms with van der Waals surface area (Å²) in [7, 11) is 0.